The number of aliphatic hydroxyl groups is 2. The fraction of sp³-hybridized carbons (Fsp3) is 0.417. The Labute approximate surface area is 94.2 Å². The van der Waals surface area contributed by atoms with Gasteiger partial charge in [0, 0.05) is 0 Å². The number of carbonyl (C=O) groups is 1. The molecule has 0 radical (unpaired) electrons. The van der Waals surface area contributed by atoms with Crippen LogP contribution >= 0.6 is 0 Å². The molecule has 0 fully saturated rings. The normalized spacial score (nSPS) is 16.4. The van der Waals surface area contributed by atoms with Gasteiger partial charge in [0.05, 0.1) is 18.1 Å². The number of hydrogen-bond acceptors (Lipinski definition) is 3. The molecule has 0 aromatic heterocycles. The first-order valence-corrected chi connectivity index (χ1v) is 5.15. The fourth-order valence-electron chi connectivity index (χ4n) is 1.56. The molecule has 0 saturated heterocycles. The summed E-state index contributed by atoms with van der Waals surface area (Å²) in [6.45, 7) is 1.38. The van der Waals surface area contributed by atoms with Gasteiger partial charge in [-0.2, -0.15) is 0 Å². The molecule has 0 amide bonds. The predicted molar refractivity (Wildman–Crippen MR) is 59.0 cm³/mol. The number of rotatable bonds is 5. The van der Waals surface area contributed by atoms with Crippen molar-refractivity contribution >= 4 is 5.97 Å². The lowest BCUT2D eigenvalue weighted by atomic mass is 9.91. The molecule has 1 rings (SSSR count). The monoisotopic (exact) mass is 224 g/mol. The molecular formula is C12H16O4. The third-order valence-corrected chi connectivity index (χ3v) is 2.52. The van der Waals surface area contributed by atoms with Crippen molar-refractivity contribution < 1.29 is 20.1 Å². The van der Waals surface area contributed by atoms with Crippen molar-refractivity contribution in [2.75, 3.05) is 0 Å². The Hall–Kier alpha value is -1.39. The summed E-state index contributed by atoms with van der Waals surface area (Å²) in [5.74, 6) is -2.08. The van der Waals surface area contributed by atoms with E-state index in [2.05, 4.69) is 0 Å². The fourth-order valence-corrected chi connectivity index (χ4v) is 1.56. The van der Waals surface area contributed by atoms with Crippen LogP contribution in [0.25, 0.3) is 0 Å². The van der Waals surface area contributed by atoms with Gasteiger partial charge in [0.15, 0.2) is 0 Å². The van der Waals surface area contributed by atoms with Crippen molar-refractivity contribution in [2.45, 2.75) is 25.6 Å². The van der Waals surface area contributed by atoms with E-state index in [1.54, 1.807) is 12.1 Å². The quantitative estimate of drug-likeness (QED) is 0.687. The summed E-state index contributed by atoms with van der Waals surface area (Å²) in [6, 6.07) is 9.05. The second-order valence-corrected chi connectivity index (χ2v) is 3.87. The van der Waals surface area contributed by atoms with Gasteiger partial charge < -0.3 is 15.3 Å². The van der Waals surface area contributed by atoms with Crippen molar-refractivity contribution in [2.24, 2.45) is 5.92 Å². The van der Waals surface area contributed by atoms with Crippen LogP contribution in [0.3, 0.4) is 0 Å². The van der Waals surface area contributed by atoms with Gasteiger partial charge in [0.1, 0.15) is 0 Å². The van der Waals surface area contributed by atoms with Crippen LogP contribution in [-0.2, 0) is 11.2 Å². The highest BCUT2D eigenvalue weighted by atomic mass is 16.4. The Bertz CT molecular complexity index is 334. The number of carboxylic acids is 1. The minimum atomic E-state index is -1.25. The molecule has 88 valence electrons. The van der Waals surface area contributed by atoms with Crippen LogP contribution in [0.5, 0.6) is 0 Å². The van der Waals surface area contributed by atoms with E-state index in [1.165, 1.54) is 6.92 Å². The molecule has 4 nitrogen and oxygen atoms in total. The number of hydrogen-bond donors (Lipinski definition) is 3. The summed E-state index contributed by atoms with van der Waals surface area (Å²) in [7, 11) is 0. The predicted octanol–water partition coefficient (Wildman–Crippen LogP) is 0.672. The first-order valence-electron chi connectivity index (χ1n) is 5.15. The zero-order valence-corrected chi connectivity index (χ0v) is 9.08. The summed E-state index contributed by atoms with van der Waals surface area (Å²) in [5.41, 5.74) is 0.828. The largest absolute Gasteiger partial charge is 0.481 e. The van der Waals surface area contributed by atoms with Crippen LogP contribution in [0.4, 0.5) is 0 Å². The maximum atomic E-state index is 11.0. The second kappa shape index (κ2) is 5.63. The van der Waals surface area contributed by atoms with Crippen LogP contribution in [-0.4, -0.2) is 33.5 Å². The third-order valence-electron chi connectivity index (χ3n) is 2.52. The minimum absolute atomic E-state index is 0.211. The molecule has 0 aliphatic heterocycles. The molecule has 0 unspecified atom stereocenters. The molecule has 1 aromatic carbocycles. The van der Waals surface area contributed by atoms with E-state index in [1.807, 2.05) is 18.2 Å². The summed E-state index contributed by atoms with van der Waals surface area (Å²) < 4.78 is 0. The summed E-state index contributed by atoms with van der Waals surface area (Å²) in [5, 5.41) is 27.8. The summed E-state index contributed by atoms with van der Waals surface area (Å²) in [4.78, 5) is 11.0. The van der Waals surface area contributed by atoms with E-state index in [0.717, 1.165) is 5.56 Å². The summed E-state index contributed by atoms with van der Waals surface area (Å²) >= 11 is 0. The molecule has 0 aliphatic carbocycles. The van der Waals surface area contributed by atoms with Gasteiger partial charge in [-0.3, -0.25) is 4.79 Å². The molecule has 0 spiro atoms. The average molecular weight is 224 g/mol. The van der Waals surface area contributed by atoms with Crippen molar-refractivity contribution in [1.29, 1.82) is 0 Å². The van der Waals surface area contributed by atoms with Crippen LogP contribution in [0.2, 0.25) is 0 Å². The van der Waals surface area contributed by atoms with Gasteiger partial charge in [-0.15, -0.1) is 0 Å². The highest BCUT2D eigenvalue weighted by Crippen LogP contribution is 2.15. The standard InChI is InChI=1S/C12H16O4/c1-8(13)11(14)10(12(15)16)7-9-5-3-2-4-6-9/h2-6,8,10-11,13-14H,7H2,1H3,(H,15,16)/t8-,10+,11-/m0/s1. The van der Waals surface area contributed by atoms with Gasteiger partial charge in [-0.1, -0.05) is 30.3 Å². The van der Waals surface area contributed by atoms with Gasteiger partial charge in [-0.05, 0) is 18.9 Å². The molecule has 0 aliphatic rings. The van der Waals surface area contributed by atoms with Crippen molar-refractivity contribution in [1.82, 2.24) is 0 Å². The third kappa shape index (κ3) is 3.32. The molecular weight excluding hydrogens is 208 g/mol. The molecule has 16 heavy (non-hydrogen) atoms. The molecule has 0 heterocycles. The Balaban J connectivity index is 2.77. The van der Waals surface area contributed by atoms with E-state index in [-0.39, 0.29) is 6.42 Å². The topological polar surface area (TPSA) is 77.8 Å². The van der Waals surface area contributed by atoms with Gasteiger partial charge in [0.25, 0.3) is 0 Å². The molecule has 1 aromatic rings. The SMILES string of the molecule is C[C@H](O)[C@H](O)[C@@H](Cc1ccccc1)C(=O)O. The van der Waals surface area contributed by atoms with E-state index in [9.17, 15) is 15.0 Å². The van der Waals surface area contributed by atoms with E-state index in [0.29, 0.717) is 0 Å². The zero-order valence-electron chi connectivity index (χ0n) is 9.08. The average Bonchev–Trinajstić information content (AvgIpc) is 2.26. The van der Waals surface area contributed by atoms with Crippen LogP contribution < -0.4 is 0 Å². The van der Waals surface area contributed by atoms with Gasteiger partial charge in [0.2, 0.25) is 0 Å². The van der Waals surface area contributed by atoms with Crippen molar-refractivity contribution in [3.05, 3.63) is 35.9 Å². The molecule has 3 N–H and O–H groups in total. The van der Waals surface area contributed by atoms with Gasteiger partial charge >= 0.3 is 5.97 Å². The Morgan fingerprint density at radius 1 is 1.25 bits per heavy atom. The van der Waals surface area contributed by atoms with Crippen LogP contribution in [0, 0.1) is 5.92 Å². The number of aliphatic hydroxyl groups excluding tert-OH is 2. The van der Waals surface area contributed by atoms with Crippen LogP contribution in [0.15, 0.2) is 30.3 Å². The lowest BCUT2D eigenvalue weighted by Gasteiger charge is -2.21. The molecule has 4 heteroatoms. The number of aliphatic carboxylic acids is 1. The second-order valence-electron chi connectivity index (χ2n) is 3.87. The first kappa shape index (κ1) is 12.7. The van der Waals surface area contributed by atoms with Crippen molar-refractivity contribution in [3.8, 4) is 0 Å². The lowest BCUT2D eigenvalue weighted by molar-refractivity contribution is -0.148. The minimum Gasteiger partial charge on any atom is -0.481 e. The van der Waals surface area contributed by atoms with Crippen molar-refractivity contribution in [3.63, 3.8) is 0 Å². The Morgan fingerprint density at radius 3 is 2.25 bits per heavy atom. The lowest BCUT2D eigenvalue weighted by Crippen LogP contribution is -2.37. The maximum Gasteiger partial charge on any atom is 0.309 e. The molecule has 3 atom stereocenters. The summed E-state index contributed by atoms with van der Waals surface area (Å²) in [6.07, 6.45) is -2.09. The van der Waals surface area contributed by atoms with E-state index >= 15 is 0 Å². The van der Waals surface area contributed by atoms with E-state index < -0.39 is 24.1 Å². The smallest absolute Gasteiger partial charge is 0.309 e. The number of benzene rings is 1. The van der Waals surface area contributed by atoms with Crippen LogP contribution in [0.1, 0.15) is 12.5 Å². The molecule has 0 saturated carbocycles. The van der Waals surface area contributed by atoms with E-state index in [4.69, 9.17) is 5.11 Å². The highest BCUT2D eigenvalue weighted by Gasteiger charge is 2.29. The van der Waals surface area contributed by atoms with Gasteiger partial charge in [-0.25, -0.2) is 0 Å². The number of carboxylic acid groups (broad SMARTS) is 1. The Kier molecular flexibility index (Phi) is 4.46. The Morgan fingerprint density at radius 2 is 1.81 bits per heavy atom. The molecule has 0 bridgehead atoms. The first-order chi connectivity index (χ1) is 7.52. The maximum absolute atomic E-state index is 11.0. The highest BCUT2D eigenvalue weighted by molar-refractivity contribution is 5.71. The zero-order chi connectivity index (χ0) is 12.1.